The number of nitrogens with zero attached hydrogens (tertiary/aromatic N) is 3. The van der Waals surface area contributed by atoms with Crippen molar-refractivity contribution in [1.29, 1.82) is 0 Å². The summed E-state index contributed by atoms with van der Waals surface area (Å²) in [6.45, 7) is 2.89. The van der Waals surface area contributed by atoms with Gasteiger partial charge in [-0.25, -0.2) is 4.98 Å². The summed E-state index contributed by atoms with van der Waals surface area (Å²) in [5, 5.41) is 5.22. The number of hydrogen-bond acceptors (Lipinski definition) is 2. The van der Waals surface area contributed by atoms with E-state index in [0.717, 1.165) is 17.6 Å². The SMILES string of the molecule is [B]c1cnc2nn(CC)cc2c1. The third-order valence-corrected chi connectivity index (χ3v) is 1.75. The predicted molar refractivity (Wildman–Crippen MR) is 48.6 cm³/mol. The molecule has 3 nitrogen and oxygen atoms in total. The Hall–Kier alpha value is -1.32. The standard InChI is InChI=1S/C8H8BN3/c1-2-12-5-6-3-7(9)4-10-8(6)11-12/h3-5H,2H2,1H3. The minimum atomic E-state index is 0.679. The summed E-state index contributed by atoms with van der Waals surface area (Å²) >= 11 is 0. The molecule has 0 amide bonds. The van der Waals surface area contributed by atoms with E-state index in [9.17, 15) is 0 Å². The smallest absolute Gasteiger partial charge is 0.181 e. The van der Waals surface area contributed by atoms with Crippen LogP contribution in [0.5, 0.6) is 0 Å². The Labute approximate surface area is 71.8 Å². The third-order valence-electron chi connectivity index (χ3n) is 1.75. The van der Waals surface area contributed by atoms with Gasteiger partial charge in [0.15, 0.2) is 5.65 Å². The van der Waals surface area contributed by atoms with Crippen LogP contribution in [-0.2, 0) is 6.54 Å². The largest absolute Gasteiger partial charge is 0.270 e. The first-order valence-electron chi connectivity index (χ1n) is 3.88. The highest BCUT2D eigenvalue weighted by Crippen LogP contribution is 2.05. The quantitative estimate of drug-likeness (QED) is 0.555. The molecule has 0 aliphatic heterocycles. The molecule has 2 heterocycles. The van der Waals surface area contributed by atoms with Crippen LogP contribution in [-0.4, -0.2) is 22.6 Å². The van der Waals surface area contributed by atoms with E-state index in [2.05, 4.69) is 10.1 Å². The molecule has 0 aliphatic rings. The molecule has 0 N–H and O–H groups in total. The van der Waals surface area contributed by atoms with E-state index >= 15 is 0 Å². The number of aryl methyl sites for hydroxylation is 1. The number of pyridine rings is 1. The van der Waals surface area contributed by atoms with Gasteiger partial charge >= 0.3 is 0 Å². The van der Waals surface area contributed by atoms with Gasteiger partial charge in [-0.2, -0.15) is 5.10 Å². The zero-order chi connectivity index (χ0) is 8.55. The van der Waals surface area contributed by atoms with E-state index in [1.807, 2.05) is 23.9 Å². The highest BCUT2D eigenvalue weighted by Gasteiger charge is 1.99. The maximum Gasteiger partial charge on any atom is 0.181 e. The van der Waals surface area contributed by atoms with Crippen LogP contribution in [0.15, 0.2) is 18.5 Å². The second kappa shape index (κ2) is 2.62. The number of rotatable bonds is 1. The molecular formula is C8H8BN3. The van der Waals surface area contributed by atoms with E-state index < -0.39 is 0 Å². The summed E-state index contributed by atoms with van der Waals surface area (Å²) in [5.41, 5.74) is 1.43. The van der Waals surface area contributed by atoms with E-state index in [0.29, 0.717) is 5.46 Å². The fourth-order valence-electron chi connectivity index (χ4n) is 1.14. The fraction of sp³-hybridized carbons (Fsp3) is 0.250. The lowest BCUT2D eigenvalue weighted by atomic mass is 9.98. The molecule has 2 aromatic heterocycles. The molecular weight excluding hydrogens is 149 g/mol. The van der Waals surface area contributed by atoms with Gasteiger partial charge in [0, 0.05) is 24.3 Å². The van der Waals surface area contributed by atoms with Crippen LogP contribution in [0.3, 0.4) is 0 Å². The van der Waals surface area contributed by atoms with Gasteiger partial charge in [-0.1, -0.05) is 11.5 Å². The molecule has 0 bridgehead atoms. The van der Waals surface area contributed by atoms with Crippen LogP contribution in [0.4, 0.5) is 0 Å². The molecule has 2 rings (SSSR count). The zero-order valence-corrected chi connectivity index (χ0v) is 6.86. The van der Waals surface area contributed by atoms with Crippen molar-refractivity contribution in [3.63, 3.8) is 0 Å². The van der Waals surface area contributed by atoms with E-state index in [1.165, 1.54) is 0 Å². The van der Waals surface area contributed by atoms with E-state index in [-0.39, 0.29) is 0 Å². The normalized spacial score (nSPS) is 10.8. The molecule has 0 saturated carbocycles. The van der Waals surface area contributed by atoms with Crippen molar-refractivity contribution in [3.05, 3.63) is 18.5 Å². The van der Waals surface area contributed by atoms with Crippen molar-refractivity contribution >= 4 is 24.3 Å². The van der Waals surface area contributed by atoms with Crippen LogP contribution < -0.4 is 5.46 Å². The summed E-state index contributed by atoms with van der Waals surface area (Å²) in [4.78, 5) is 4.09. The third kappa shape index (κ3) is 1.09. The van der Waals surface area contributed by atoms with Crippen molar-refractivity contribution in [2.75, 3.05) is 0 Å². The van der Waals surface area contributed by atoms with Gasteiger partial charge in [0.05, 0.1) is 0 Å². The Bertz CT molecular complexity index is 408. The van der Waals surface area contributed by atoms with E-state index in [1.54, 1.807) is 6.20 Å². The maximum atomic E-state index is 5.58. The predicted octanol–water partition coefficient (Wildman–Crippen LogP) is 0.245. The lowest BCUT2D eigenvalue weighted by molar-refractivity contribution is 0.666. The second-order valence-electron chi connectivity index (χ2n) is 2.67. The van der Waals surface area contributed by atoms with Crippen LogP contribution >= 0.6 is 0 Å². The molecule has 0 aliphatic carbocycles. The van der Waals surface area contributed by atoms with Gasteiger partial charge in [0.1, 0.15) is 7.85 Å². The summed E-state index contributed by atoms with van der Waals surface area (Å²) in [6.07, 6.45) is 3.56. The molecule has 0 aromatic carbocycles. The average molecular weight is 157 g/mol. The van der Waals surface area contributed by atoms with Crippen LogP contribution in [0, 0.1) is 0 Å². The maximum absolute atomic E-state index is 5.58. The molecule has 0 spiro atoms. The summed E-state index contributed by atoms with van der Waals surface area (Å²) < 4.78 is 1.84. The molecule has 4 heteroatoms. The second-order valence-corrected chi connectivity index (χ2v) is 2.67. The first-order valence-corrected chi connectivity index (χ1v) is 3.88. The first kappa shape index (κ1) is 7.34. The minimum Gasteiger partial charge on any atom is -0.270 e. The van der Waals surface area contributed by atoms with Gasteiger partial charge in [-0.3, -0.25) is 4.68 Å². The summed E-state index contributed by atoms with van der Waals surface area (Å²) in [7, 11) is 5.58. The topological polar surface area (TPSA) is 30.7 Å². The van der Waals surface area contributed by atoms with Crippen molar-refractivity contribution in [2.45, 2.75) is 13.5 Å². The highest BCUT2D eigenvalue weighted by molar-refractivity contribution is 6.32. The van der Waals surface area contributed by atoms with Gasteiger partial charge in [-0.15, -0.1) is 0 Å². The van der Waals surface area contributed by atoms with Crippen LogP contribution in [0.1, 0.15) is 6.92 Å². The minimum absolute atomic E-state index is 0.679. The molecule has 12 heavy (non-hydrogen) atoms. The molecule has 0 unspecified atom stereocenters. The highest BCUT2D eigenvalue weighted by atomic mass is 15.3. The van der Waals surface area contributed by atoms with Gasteiger partial charge < -0.3 is 0 Å². The van der Waals surface area contributed by atoms with Gasteiger partial charge in [0.25, 0.3) is 0 Å². The monoisotopic (exact) mass is 157 g/mol. The molecule has 2 aromatic rings. The lowest BCUT2D eigenvalue weighted by Gasteiger charge is -1.88. The average Bonchev–Trinajstić information content (AvgIpc) is 2.46. The Morgan fingerprint density at radius 3 is 3.17 bits per heavy atom. The Morgan fingerprint density at radius 1 is 1.58 bits per heavy atom. The number of fused-ring (bicyclic) bond motifs is 1. The summed E-state index contributed by atoms with van der Waals surface area (Å²) in [6, 6.07) is 1.88. The number of hydrogen-bond donors (Lipinski definition) is 0. The van der Waals surface area contributed by atoms with Crippen molar-refractivity contribution < 1.29 is 0 Å². The van der Waals surface area contributed by atoms with E-state index in [4.69, 9.17) is 7.85 Å². The Balaban J connectivity index is 2.67. The van der Waals surface area contributed by atoms with Crippen molar-refractivity contribution in [1.82, 2.24) is 14.8 Å². The summed E-state index contributed by atoms with van der Waals surface area (Å²) in [5.74, 6) is 0. The lowest BCUT2D eigenvalue weighted by Crippen LogP contribution is -2.01. The first-order chi connectivity index (χ1) is 5.79. The molecule has 0 fully saturated rings. The van der Waals surface area contributed by atoms with Crippen molar-refractivity contribution in [2.24, 2.45) is 0 Å². The molecule has 58 valence electrons. The molecule has 0 saturated heterocycles. The van der Waals surface area contributed by atoms with Crippen LogP contribution in [0.25, 0.3) is 11.0 Å². The zero-order valence-electron chi connectivity index (χ0n) is 6.86. The number of aromatic nitrogens is 3. The Morgan fingerprint density at radius 2 is 2.42 bits per heavy atom. The van der Waals surface area contributed by atoms with Crippen molar-refractivity contribution in [3.8, 4) is 0 Å². The van der Waals surface area contributed by atoms with Crippen LogP contribution in [0.2, 0.25) is 0 Å². The molecule has 0 atom stereocenters. The van der Waals surface area contributed by atoms with Gasteiger partial charge in [-0.05, 0) is 6.92 Å². The molecule has 2 radical (unpaired) electrons. The fourth-order valence-corrected chi connectivity index (χ4v) is 1.14. The Kier molecular flexibility index (Phi) is 1.61. The van der Waals surface area contributed by atoms with Gasteiger partial charge in [0.2, 0.25) is 0 Å².